The van der Waals surface area contributed by atoms with E-state index in [1.807, 2.05) is 18.2 Å². The van der Waals surface area contributed by atoms with Crippen LogP contribution in [0.1, 0.15) is 19.3 Å². The zero-order valence-corrected chi connectivity index (χ0v) is 23.0. The molecule has 4 rings (SSSR count). The van der Waals surface area contributed by atoms with Crippen molar-refractivity contribution in [3.05, 3.63) is 57.5 Å². The van der Waals surface area contributed by atoms with Gasteiger partial charge in [-0.05, 0) is 57.6 Å². The number of halogens is 1. The van der Waals surface area contributed by atoms with E-state index in [1.54, 1.807) is 19.3 Å². The summed E-state index contributed by atoms with van der Waals surface area (Å²) in [5, 5.41) is 6.94. The summed E-state index contributed by atoms with van der Waals surface area (Å²) in [6, 6.07) is 7.22. The molecule has 202 valence electrons. The minimum absolute atomic E-state index is 0.0997. The van der Waals surface area contributed by atoms with Crippen molar-refractivity contribution in [2.24, 2.45) is 7.05 Å². The van der Waals surface area contributed by atoms with Crippen LogP contribution in [0, 0.1) is 0 Å². The minimum Gasteiger partial charge on any atom is -0.478 e. The highest BCUT2D eigenvalue weighted by atomic mass is 35.5. The SMILES string of the molecule is CNC(=O)COc1cc2cc(Nc3nc(N4CCC/C(=C/CCN(C)C)C4)ncc3Cl)ccc2n(C)c1=O. The van der Waals surface area contributed by atoms with Gasteiger partial charge in [0.1, 0.15) is 5.02 Å². The molecule has 0 aliphatic carbocycles. The molecule has 10 nitrogen and oxygen atoms in total. The first-order chi connectivity index (χ1) is 18.2. The first-order valence-corrected chi connectivity index (χ1v) is 13.0. The molecule has 1 aliphatic rings. The molecule has 11 heteroatoms. The molecule has 2 N–H and O–H groups in total. The number of hydrogen-bond acceptors (Lipinski definition) is 8. The van der Waals surface area contributed by atoms with Crippen LogP contribution >= 0.6 is 11.6 Å². The fourth-order valence-electron chi connectivity index (χ4n) is 4.35. The van der Waals surface area contributed by atoms with Crippen molar-refractivity contribution in [3.8, 4) is 5.75 Å². The Morgan fingerprint density at radius 2 is 2.11 bits per heavy atom. The Labute approximate surface area is 227 Å². The summed E-state index contributed by atoms with van der Waals surface area (Å²) >= 11 is 6.46. The van der Waals surface area contributed by atoms with Crippen molar-refractivity contribution < 1.29 is 9.53 Å². The highest BCUT2D eigenvalue weighted by molar-refractivity contribution is 6.32. The molecule has 3 aromatic rings. The number of carbonyl (C=O) groups is 1. The Bertz CT molecular complexity index is 1400. The summed E-state index contributed by atoms with van der Waals surface area (Å²) < 4.78 is 6.96. The Kier molecular flexibility index (Phi) is 8.85. The van der Waals surface area contributed by atoms with E-state index < -0.39 is 0 Å². The van der Waals surface area contributed by atoms with Crippen molar-refractivity contribution >= 4 is 45.9 Å². The van der Waals surface area contributed by atoms with Crippen LogP contribution < -0.4 is 25.8 Å². The normalized spacial score (nSPS) is 14.8. The van der Waals surface area contributed by atoms with Crippen molar-refractivity contribution in [3.63, 3.8) is 0 Å². The van der Waals surface area contributed by atoms with E-state index in [-0.39, 0.29) is 23.8 Å². The van der Waals surface area contributed by atoms with E-state index in [0.29, 0.717) is 16.8 Å². The number of nitrogens with zero attached hydrogens (tertiary/aromatic N) is 5. The number of hydrogen-bond donors (Lipinski definition) is 2. The van der Waals surface area contributed by atoms with Crippen molar-refractivity contribution in [1.29, 1.82) is 0 Å². The standard InChI is InChI=1S/C27H34ClN7O3/c1-29-24(36)17-38-23-14-19-13-20(9-10-22(19)34(4)26(23)37)31-25-21(28)15-30-27(32-25)35-12-6-8-18(16-35)7-5-11-33(2)3/h7,9-10,13-15H,5-6,8,11-12,16-17H2,1-4H3,(H,29,36)(H,30,31,32)/b18-7-. The van der Waals surface area contributed by atoms with Crippen LogP contribution in [0.5, 0.6) is 5.75 Å². The number of amides is 1. The summed E-state index contributed by atoms with van der Waals surface area (Å²) in [5.74, 6) is 0.910. The van der Waals surface area contributed by atoms with Gasteiger partial charge >= 0.3 is 0 Å². The lowest BCUT2D eigenvalue weighted by Crippen LogP contribution is -2.32. The molecule has 0 radical (unpaired) electrons. The average molecular weight is 540 g/mol. The van der Waals surface area contributed by atoms with Gasteiger partial charge in [0.15, 0.2) is 18.2 Å². The summed E-state index contributed by atoms with van der Waals surface area (Å²) in [6.45, 7) is 2.47. The molecule has 0 spiro atoms. The molecule has 0 unspecified atom stereocenters. The third-order valence-electron chi connectivity index (χ3n) is 6.43. The number of carbonyl (C=O) groups excluding carboxylic acids is 1. The second-order valence-electron chi connectivity index (χ2n) is 9.58. The number of aryl methyl sites for hydroxylation is 1. The number of anilines is 3. The van der Waals surface area contributed by atoms with E-state index in [0.717, 1.165) is 55.5 Å². The summed E-state index contributed by atoms with van der Waals surface area (Å²) in [6.07, 6.45) is 7.12. The van der Waals surface area contributed by atoms with Crippen molar-refractivity contribution in [1.82, 2.24) is 24.8 Å². The number of ether oxygens (including phenoxy) is 1. The molecular formula is C27H34ClN7O3. The van der Waals surface area contributed by atoms with Crippen LogP contribution in [0.4, 0.5) is 17.5 Å². The van der Waals surface area contributed by atoms with Crippen LogP contribution in [0.2, 0.25) is 5.02 Å². The molecule has 38 heavy (non-hydrogen) atoms. The predicted octanol–water partition coefficient (Wildman–Crippen LogP) is 3.33. The van der Waals surface area contributed by atoms with E-state index in [9.17, 15) is 9.59 Å². The summed E-state index contributed by atoms with van der Waals surface area (Å²) in [4.78, 5) is 37.8. The minimum atomic E-state index is -0.318. The molecule has 0 saturated carbocycles. The van der Waals surface area contributed by atoms with Gasteiger partial charge in [-0.2, -0.15) is 4.98 Å². The molecular weight excluding hydrogens is 506 g/mol. The van der Waals surface area contributed by atoms with Gasteiger partial charge in [0, 0.05) is 44.8 Å². The molecule has 3 heterocycles. The number of pyridine rings is 1. The molecule has 0 atom stereocenters. The van der Waals surface area contributed by atoms with Gasteiger partial charge in [-0.3, -0.25) is 9.59 Å². The molecule has 2 aromatic heterocycles. The number of aromatic nitrogens is 3. The van der Waals surface area contributed by atoms with Gasteiger partial charge in [-0.15, -0.1) is 0 Å². The third kappa shape index (κ3) is 6.62. The molecule has 1 aromatic carbocycles. The zero-order valence-electron chi connectivity index (χ0n) is 22.3. The zero-order chi connectivity index (χ0) is 27.2. The maximum absolute atomic E-state index is 12.6. The quantitative estimate of drug-likeness (QED) is 0.399. The number of benzene rings is 1. The summed E-state index contributed by atoms with van der Waals surface area (Å²) in [7, 11) is 7.34. The first-order valence-electron chi connectivity index (χ1n) is 12.6. The van der Waals surface area contributed by atoms with Crippen LogP contribution in [-0.4, -0.2) is 72.7 Å². The average Bonchev–Trinajstić information content (AvgIpc) is 2.91. The number of nitrogens with one attached hydrogen (secondary N) is 2. The van der Waals surface area contributed by atoms with Gasteiger partial charge in [0.05, 0.1) is 11.7 Å². The van der Waals surface area contributed by atoms with Gasteiger partial charge in [-0.1, -0.05) is 23.3 Å². The Balaban J connectivity index is 1.55. The fraction of sp³-hybridized carbons (Fsp3) is 0.407. The van der Waals surface area contributed by atoms with E-state index >= 15 is 0 Å². The van der Waals surface area contributed by atoms with Crippen LogP contribution in [0.15, 0.2) is 46.9 Å². The predicted molar refractivity (Wildman–Crippen MR) is 152 cm³/mol. The molecule has 0 bridgehead atoms. The lowest BCUT2D eigenvalue weighted by atomic mass is 10.0. The second-order valence-corrected chi connectivity index (χ2v) is 9.99. The topological polar surface area (TPSA) is 105 Å². The van der Waals surface area contributed by atoms with E-state index in [4.69, 9.17) is 21.3 Å². The Morgan fingerprint density at radius 1 is 1.29 bits per heavy atom. The van der Waals surface area contributed by atoms with Crippen LogP contribution in [0.25, 0.3) is 10.9 Å². The largest absolute Gasteiger partial charge is 0.478 e. The van der Waals surface area contributed by atoms with E-state index in [1.165, 1.54) is 17.2 Å². The third-order valence-corrected chi connectivity index (χ3v) is 6.71. The molecule has 1 amide bonds. The Hall–Kier alpha value is -3.63. The lowest BCUT2D eigenvalue weighted by molar-refractivity contribution is -0.122. The van der Waals surface area contributed by atoms with Crippen LogP contribution in [-0.2, 0) is 11.8 Å². The maximum Gasteiger partial charge on any atom is 0.293 e. The first kappa shape index (κ1) is 27.4. The monoisotopic (exact) mass is 539 g/mol. The van der Waals surface area contributed by atoms with Gasteiger partial charge in [0.25, 0.3) is 11.5 Å². The highest BCUT2D eigenvalue weighted by Crippen LogP contribution is 2.29. The van der Waals surface area contributed by atoms with Crippen LogP contribution in [0.3, 0.4) is 0 Å². The maximum atomic E-state index is 12.6. The highest BCUT2D eigenvalue weighted by Gasteiger charge is 2.19. The second kappa shape index (κ2) is 12.3. The number of fused-ring (bicyclic) bond motifs is 1. The fourth-order valence-corrected chi connectivity index (χ4v) is 4.49. The van der Waals surface area contributed by atoms with Gasteiger partial charge in [0.2, 0.25) is 5.95 Å². The van der Waals surface area contributed by atoms with Gasteiger partial charge < -0.3 is 29.7 Å². The van der Waals surface area contributed by atoms with Crippen molar-refractivity contribution in [2.45, 2.75) is 19.3 Å². The smallest absolute Gasteiger partial charge is 0.293 e. The van der Waals surface area contributed by atoms with Gasteiger partial charge in [-0.25, -0.2) is 4.98 Å². The number of piperidine rings is 1. The number of rotatable bonds is 9. The van der Waals surface area contributed by atoms with Crippen molar-refractivity contribution in [2.75, 3.05) is 57.6 Å². The number of likely N-dealkylation sites (N-methyl/N-ethyl adjacent to an activating group) is 1. The molecule has 1 saturated heterocycles. The summed E-state index contributed by atoms with van der Waals surface area (Å²) in [5.41, 5.74) is 2.55. The van der Waals surface area contributed by atoms with E-state index in [2.05, 4.69) is 45.6 Å². The molecule has 1 aliphatic heterocycles. The molecule has 1 fully saturated rings. The Morgan fingerprint density at radius 3 is 2.87 bits per heavy atom. The lowest BCUT2D eigenvalue weighted by Gasteiger charge is -2.29.